The number of aromatic amines is 1. The van der Waals surface area contributed by atoms with E-state index in [9.17, 15) is 14.4 Å². The molecule has 176 valence electrons. The fraction of sp³-hybridized carbons (Fsp3) is 0.542. The molecular weight excluding hydrogens is 406 g/mol. The summed E-state index contributed by atoms with van der Waals surface area (Å²) >= 11 is 0. The SMILES string of the molecule is CCCN(CC(=O)N(CC(C)C)c1c(N)n(CC(C)C)c(=O)[nH]c1=O)Cc1ccccc1. The second kappa shape index (κ2) is 11.7. The lowest BCUT2D eigenvalue weighted by Crippen LogP contribution is -2.46. The fourth-order valence-electron chi connectivity index (χ4n) is 3.72. The van der Waals surface area contributed by atoms with Crippen LogP contribution in [0.4, 0.5) is 11.5 Å². The van der Waals surface area contributed by atoms with Crippen LogP contribution in [0.1, 0.15) is 46.6 Å². The third-order valence-electron chi connectivity index (χ3n) is 5.03. The van der Waals surface area contributed by atoms with Gasteiger partial charge in [0.25, 0.3) is 5.56 Å². The number of H-pyrrole nitrogens is 1. The third kappa shape index (κ3) is 6.82. The largest absolute Gasteiger partial charge is 0.383 e. The van der Waals surface area contributed by atoms with Gasteiger partial charge in [0.1, 0.15) is 5.82 Å². The molecule has 0 aliphatic carbocycles. The van der Waals surface area contributed by atoms with Crippen molar-refractivity contribution in [1.29, 1.82) is 0 Å². The van der Waals surface area contributed by atoms with E-state index in [4.69, 9.17) is 5.73 Å². The monoisotopic (exact) mass is 443 g/mol. The maximum Gasteiger partial charge on any atom is 0.330 e. The van der Waals surface area contributed by atoms with E-state index >= 15 is 0 Å². The lowest BCUT2D eigenvalue weighted by atomic mass is 10.1. The molecule has 1 aromatic heterocycles. The predicted octanol–water partition coefficient (Wildman–Crippen LogP) is 2.68. The molecule has 32 heavy (non-hydrogen) atoms. The molecule has 2 rings (SSSR count). The number of hydrogen-bond donors (Lipinski definition) is 2. The van der Waals surface area contributed by atoms with Crippen molar-refractivity contribution >= 4 is 17.4 Å². The Morgan fingerprint density at radius 2 is 1.75 bits per heavy atom. The fourth-order valence-corrected chi connectivity index (χ4v) is 3.72. The van der Waals surface area contributed by atoms with Gasteiger partial charge in [-0.25, -0.2) is 4.79 Å². The standard InChI is InChI=1S/C24H37N5O3/c1-6-12-27(15-19-10-8-7-9-11-19)16-20(30)28(13-17(2)3)21-22(25)29(14-18(4)5)24(32)26-23(21)31/h7-11,17-18H,6,12-16,25H2,1-5H3,(H,26,31,32). The molecule has 2 aromatic rings. The van der Waals surface area contributed by atoms with Gasteiger partial charge in [-0.1, -0.05) is 65.0 Å². The highest BCUT2D eigenvalue weighted by atomic mass is 16.2. The molecule has 0 aliphatic rings. The molecule has 0 atom stereocenters. The Hall–Kier alpha value is -2.87. The number of benzene rings is 1. The van der Waals surface area contributed by atoms with Crippen molar-refractivity contribution in [2.75, 3.05) is 30.3 Å². The summed E-state index contributed by atoms with van der Waals surface area (Å²) in [5.41, 5.74) is 6.28. The summed E-state index contributed by atoms with van der Waals surface area (Å²) in [5.74, 6) is 0.0764. The summed E-state index contributed by atoms with van der Waals surface area (Å²) in [6.45, 7) is 12.1. The molecule has 0 fully saturated rings. The van der Waals surface area contributed by atoms with E-state index in [1.807, 2.05) is 58.0 Å². The average Bonchev–Trinajstić information content (AvgIpc) is 2.70. The number of carbonyl (C=O) groups is 1. The first-order chi connectivity index (χ1) is 15.1. The first kappa shape index (κ1) is 25.4. The minimum Gasteiger partial charge on any atom is -0.383 e. The molecule has 0 saturated heterocycles. The van der Waals surface area contributed by atoms with E-state index in [0.717, 1.165) is 18.5 Å². The minimum absolute atomic E-state index is 0.0338. The molecule has 0 spiro atoms. The van der Waals surface area contributed by atoms with E-state index in [0.29, 0.717) is 19.6 Å². The predicted molar refractivity (Wildman–Crippen MR) is 130 cm³/mol. The van der Waals surface area contributed by atoms with Crippen LogP contribution >= 0.6 is 0 Å². The summed E-state index contributed by atoms with van der Waals surface area (Å²) < 4.78 is 1.34. The number of nitrogens with two attached hydrogens (primary N) is 1. The van der Waals surface area contributed by atoms with Gasteiger partial charge < -0.3 is 10.6 Å². The van der Waals surface area contributed by atoms with Crippen LogP contribution in [0.3, 0.4) is 0 Å². The molecule has 0 saturated carbocycles. The highest BCUT2D eigenvalue weighted by molar-refractivity contribution is 5.96. The number of nitrogen functional groups attached to an aromatic ring is 1. The Bertz CT molecular complexity index is 995. The number of rotatable bonds is 11. The van der Waals surface area contributed by atoms with Crippen LogP contribution in [0.25, 0.3) is 0 Å². The van der Waals surface area contributed by atoms with Crippen molar-refractivity contribution in [3.63, 3.8) is 0 Å². The van der Waals surface area contributed by atoms with Crippen LogP contribution < -0.4 is 21.9 Å². The van der Waals surface area contributed by atoms with Gasteiger partial charge in [0, 0.05) is 19.6 Å². The molecule has 0 bridgehead atoms. The molecular formula is C24H37N5O3. The molecule has 0 unspecified atom stereocenters. The normalized spacial score (nSPS) is 11.5. The molecule has 1 heterocycles. The Morgan fingerprint density at radius 3 is 2.31 bits per heavy atom. The van der Waals surface area contributed by atoms with Gasteiger partial charge in [-0.15, -0.1) is 0 Å². The molecule has 3 N–H and O–H groups in total. The minimum atomic E-state index is -0.633. The third-order valence-corrected chi connectivity index (χ3v) is 5.03. The first-order valence-corrected chi connectivity index (χ1v) is 11.3. The second-order valence-corrected chi connectivity index (χ2v) is 9.09. The number of hydrogen-bond acceptors (Lipinski definition) is 5. The Morgan fingerprint density at radius 1 is 1.09 bits per heavy atom. The summed E-state index contributed by atoms with van der Waals surface area (Å²) in [5, 5.41) is 0. The van der Waals surface area contributed by atoms with E-state index in [2.05, 4.69) is 16.8 Å². The zero-order valence-electron chi connectivity index (χ0n) is 19.9. The maximum absolute atomic E-state index is 13.5. The topological polar surface area (TPSA) is 104 Å². The van der Waals surface area contributed by atoms with Crippen molar-refractivity contribution in [3.05, 3.63) is 56.7 Å². The van der Waals surface area contributed by atoms with Crippen molar-refractivity contribution in [2.24, 2.45) is 11.8 Å². The molecule has 1 aromatic carbocycles. The number of nitrogens with one attached hydrogen (secondary N) is 1. The quantitative estimate of drug-likeness (QED) is 0.556. The zero-order chi connectivity index (χ0) is 23.8. The Kier molecular flexibility index (Phi) is 9.26. The summed E-state index contributed by atoms with van der Waals surface area (Å²) in [6.07, 6.45) is 0.895. The number of amides is 1. The van der Waals surface area contributed by atoms with Crippen LogP contribution in [-0.4, -0.2) is 40.0 Å². The van der Waals surface area contributed by atoms with Crippen LogP contribution in [-0.2, 0) is 17.9 Å². The zero-order valence-corrected chi connectivity index (χ0v) is 19.9. The first-order valence-electron chi connectivity index (χ1n) is 11.3. The van der Waals surface area contributed by atoms with Crippen LogP contribution in [0.5, 0.6) is 0 Å². The molecule has 1 amide bonds. The average molecular weight is 444 g/mol. The Labute approximate surface area is 190 Å². The number of carbonyl (C=O) groups excluding carboxylic acids is 1. The number of nitrogens with zero attached hydrogens (tertiary/aromatic N) is 3. The van der Waals surface area contributed by atoms with Gasteiger partial charge >= 0.3 is 5.69 Å². The highest BCUT2D eigenvalue weighted by Gasteiger charge is 2.26. The molecule has 0 radical (unpaired) electrons. The summed E-state index contributed by atoms with van der Waals surface area (Å²) in [7, 11) is 0. The van der Waals surface area contributed by atoms with Gasteiger partial charge in [0.05, 0.1) is 6.54 Å². The van der Waals surface area contributed by atoms with Gasteiger partial charge in [0.2, 0.25) is 5.91 Å². The van der Waals surface area contributed by atoms with E-state index in [1.165, 1.54) is 9.47 Å². The highest BCUT2D eigenvalue weighted by Crippen LogP contribution is 2.20. The molecule has 0 aliphatic heterocycles. The second-order valence-electron chi connectivity index (χ2n) is 9.09. The van der Waals surface area contributed by atoms with E-state index in [-0.39, 0.29) is 35.8 Å². The Balaban J connectivity index is 2.41. The van der Waals surface area contributed by atoms with E-state index < -0.39 is 11.2 Å². The van der Waals surface area contributed by atoms with E-state index in [1.54, 1.807) is 0 Å². The smallest absolute Gasteiger partial charge is 0.330 e. The lowest BCUT2D eigenvalue weighted by molar-refractivity contribution is -0.120. The summed E-state index contributed by atoms with van der Waals surface area (Å²) in [6, 6.07) is 9.98. The van der Waals surface area contributed by atoms with Crippen LogP contribution in [0.2, 0.25) is 0 Å². The number of anilines is 2. The van der Waals surface area contributed by atoms with Crippen LogP contribution in [0, 0.1) is 11.8 Å². The number of aromatic nitrogens is 2. The van der Waals surface area contributed by atoms with Gasteiger partial charge in [-0.05, 0) is 30.4 Å². The molecule has 8 nitrogen and oxygen atoms in total. The molecule has 8 heteroatoms. The maximum atomic E-state index is 13.5. The van der Waals surface area contributed by atoms with Crippen LogP contribution in [0.15, 0.2) is 39.9 Å². The van der Waals surface area contributed by atoms with Gasteiger partial charge in [0.15, 0.2) is 5.69 Å². The summed E-state index contributed by atoms with van der Waals surface area (Å²) in [4.78, 5) is 44.4. The van der Waals surface area contributed by atoms with Crippen molar-refractivity contribution in [3.8, 4) is 0 Å². The lowest BCUT2D eigenvalue weighted by Gasteiger charge is -2.29. The van der Waals surface area contributed by atoms with Crippen molar-refractivity contribution in [1.82, 2.24) is 14.5 Å². The van der Waals surface area contributed by atoms with Gasteiger partial charge in [-0.3, -0.25) is 24.0 Å². The van der Waals surface area contributed by atoms with Crippen molar-refractivity contribution < 1.29 is 4.79 Å². The van der Waals surface area contributed by atoms with Crippen molar-refractivity contribution in [2.45, 2.75) is 54.1 Å². The van der Waals surface area contributed by atoms with Gasteiger partial charge in [-0.2, -0.15) is 0 Å².